The number of nitrogens with one attached hydrogen (secondary N) is 3. The van der Waals surface area contributed by atoms with Gasteiger partial charge in [0.2, 0.25) is 5.91 Å². The van der Waals surface area contributed by atoms with Crippen LogP contribution in [0.3, 0.4) is 0 Å². The molecule has 1 aliphatic rings. The van der Waals surface area contributed by atoms with E-state index in [2.05, 4.69) is 16.0 Å². The molecule has 3 atom stereocenters. The van der Waals surface area contributed by atoms with Crippen LogP contribution in [0.1, 0.15) is 35.7 Å². The lowest BCUT2D eigenvalue weighted by Gasteiger charge is -2.15. The van der Waals surface area contributed by atoms with Gasteiger partial charge in [-0.15, -0.1) is 23.2 Å². The van der Waals surface area contributed by atoms with Crippen molar-refractivity contribution in [1.82, 2.24) is 0 Å². The van der Waals surface area contributed by atoms with Crippen molar-refractivity contribution in [3.63, 3.8) is 0 Å². The molecule has 0 aromatic heterocycles. The number of hydrogen-bond acceptors (Lipinski definition) is 4. The van der Waals surface area contributed by atoms with Gasteiger partial charge in [-0.05, 0) is 61.9 Å². The van der Waals surface area contributed by atoms with Gasteiger partial charge in [-0.2, -0.15) is 0 Å². The molecule has 0 saturated heterocycles. The zero-order valence-corrected chi connectivity index (χ0v) is 25.6. The minimum Gasteiger partial charge on any atom is -0.369 e. The van der Waals surface area contributed by atoms with Crippen molar-refractivity contribution in [2.24, 2.45) is 5.92 Å². The predicted molar refractivity (Wildman–Crippen MR) is 161 cm³/mol. The summed E-state index contributed by atoms with van der Waals surface area (Å²) in [5.41, 5.74) is -0.523. The molecule has 0 radical (unpaired) electrons. The number of carbonyl (C=O) groups excluding carboxylic acids is 3. The van der Waals surface area contributed by atoms with E-state index >= 15 is 4.39 Å². The van der Waals surface area contributed by atoms with Crippen LogP contribution in [-0.4, -0.2) is 34.8 Å². The number of hydrogen-bond donors (Lipinski definition) is 3. The molecular formula is C28H22Cl5F2N3O4. The molecule has 3 aromatic carbocycles. The lowest BCUT2D eigenvalue weighted by Crippen LogP contribution is -2.28. The molecule has 1 saturated carbocycles. The fraction of sp³-hybridized carbons (Fsp3) is 0.250. The Morgan fingerprint density at radius 1 is 0.929 bits per heavy atom. The van der Waals surface area contributed by atoms with Crippen molar-refractivity contribution < 1.29 is 27.9 Å². The quantitative estimate of drug-likeness (QED) is 0.199. The highest BCUT2D eigenvalue weighted by molar-refractivity contribution is 6.53. The molecule has 14 heteroatoms. The van der Waals surface area contributed by atoms with Crippen molar-refractivity contribution >= 4 is 92.8 Å². The van der Waals surface area contributed by atoms with Gasteiger partial charge >= 0.3 is 0 Å². The molecule has 7 nitrogen and oxygen atoms in total. The summed E-state index contributed by atoms with van der Waals surface area (Å²) in [5.74, 6) is -5.87. The van der Waals surface area contributed by atoms with Gasteiger partial charge in [0.1, 0.15) is 21.9 Å². The molecule has 42 heavy (non-hydrogen) atoms. The normalized spacial score (nSPS) is 17.7. The SMILES string of the molecule is CCO[C@@H](C)C(=O)Nc1c(F)ccc(NC(=O)c2cc(NC(=O)[C@H]3[C@H](c4ccc(Cl)c(Cl)c4)C3(Cl)Cl)ccc2Cl)c1F. The van der Waals surface area contributed by atoms with E-state index in [0.29, 0.717) is 10.6 Å². The maximum Gasteiger partial charge on any atom is 0.257 e. The molecule has 0 bridgehead atoms. The standard InChI is InChI=1S/C28H22Cl5F2N3O4/c1-3-42-12(2)25(39)38-24-19(34)8-9-20(23(24)35)37-26(40)15-11-14(5-7-16(15)29)36-27(41)22-21(28(22,32)33)13-4-6-17(30)18(31)10-13/h4-12,21-22H,3H2,1-2H3,(H,36,41)(H,37,40)(H,38,39)/t12-,21-,22+/m0/s1. The Hall–Kier alpha value is -2.66. The lowest BCUT2D eigenvalue weighted by atomic mass is 10.1. The van der Waals surface area contributed by atoms with Crippen LogP contribution in [0, 0.1) is 17.6 Å². The zero-order chi connectivity index (χ0) is 30.9. The Bertz CT molecular complexity index is 1570. The van der Waals surface area contributed by atoms with Gasteiger partial charge in [0, 0.05) is 18.2 Å². The number of halogens is 7. The molecular weight excluding hydrogens is 658 g/mol. The average molecular weight is 680 g/mol. The highest BCUT2D eigenvalue weighted by Gasteiger charge is 2.67. The molecule has 3 aromatic rings. The molecule has 4 rings (SSSR count). The topological polar surface area (TPSA) is 96.5 Å². The van der Waals surface area contributed by atoms with Crippen molar-refractivity contribution in [2.45, 2.75) is 30.2 Å². The van der Waals surface area contributed by atoms with E-state index in [4.69, 9.17) is 62.7 Å². The molecule has 222 valence electrons. The number of anilines is 3. The van der Waals surface area contributed by atoms with Crippen molar-refractivity contribution in [3.8, 4) is 0 Å². The van der Waals surface area contributed by atoms with Crippen LogP contribution in [0.25, 0.3) is 0 Å². The number of benzene rings is 3. The van der Waals surface area contributed by atoms with Crippen LogP contribution in [0.5, 0.6) is 0 Å². The van der Waals surface area contributed by atoms with Crippen LogP contribution in [0.4, 0.5) is 25.8 Å². The number of carbonyl (C=O) groups is 3. The van der Waals surface area contributed by atoms with Crippen molar-refractivity contribution in [3.05, 3.63) is 86.4 Å². The van der Waals surface area contributed by atoms with Gasteiger partial charge in [-0.25, -0.2) is 8.78 Å². The summed E-state index contributed by atoms with van der Waals surface area (Å²) < 4.78 is 33.2. The number of ether oxygens (including phenoxy) is 1. The van der Waals surface area contributed by atoms with Crippen LogP contribution in [0.2, 0.25) is 15.1 Å². The molecule has 1 fully saturated rings. The predicted octanol–water partition coefficient (Wildman–Crippen LogP) is 8.07. The molecule has 0 aliphatic heterocycles. The lowest BCUT2D eigenvalue weighted by molar-refractivity contribution is -0.126. The summed E-state index contributed by atoms with van der Waals surface area (Å²) in [6.45, 7) is 3.30. The van der Waals surface area contributed by atoms with Crippen LogP contribution in [-0.2, 0) is 14.3 Å². The minimum atomic E-state index is -1.42. The van der Waals surface area contributed by atoms with Crippen LogP contribution < -0.4 is 16.0 Å². The minimum absolute atomic E-state index is 0.0174. The van der Waals surface area contributed by atoms with Crippen LogP contribution in [0.15, 0.2) is 48.5 Å². The third-order valence-electron chi connectivity index (χ3n) is 6.49. The molecule has 0 heterocycles. The number of rotatable bonds is 9. The van der Waals surface area contributed by atoms with Gasteiger partial charge in [-0.3, -0.25) is 14.4 Å². The van der Waals surface area contributed by atoms with E-state index in [9.17, 15) is 18.8 Å². The number of alkyl halides is 2. The van der Waals surface area contributed by atoms with Crippen LogP contribution >= 0.6 is 58.0 Å². The summed E-state index contributed by atoms with van der Waals surface area (Å²) >= 11 is 31.1. The zero-order valence-electron chi connectivity index (χ0n) is 21.8. The second kappa shape index (κ2) is 12.9. The Kier molecular flexibility index (Phi) is 9.92. The third-order valence-corrected chi connectivity index (χ3v) is 8.50. The molecule has 0 unspecified atom stereocenters. The van der Waals surface area contributed by atoms with Gasteiger partial charge in [0.05, 0.1) is 32.2 Å². The highest BCUT2D eigenvalue weighted by atomic mass is 35.5. The summed E-state index contributed by atoms with van der Waals surface area (Å²) in [6.07, 6.45) is -0.971. The van der Waals surface area contributed by atoms with E-state index in [-0.39, 0.29) is 27.9 Å². The fourth-order valence-corrected chi connectivity index (χ4v) is 5.61. The first kappa shape index (κ1) is 32.3. The molecule has 3 N–H and O–H groups in total. The first-order valence-corrected chi connectivity index (χ1v) is 14.3. The van der Waals surface area contributed by atoms with Gasteiger partial charge < -0.3 is 20.7 Å². The molecule has 0 spiro atoms. The largest absolute Gasteiger partial charge is 0.369 e. The second-order valence-corrected chi connectivity index (χ2v) is 12.0. The summed E-state index contributed by atoms with van der Waals surface area (Å²) in [4.78, 5) is 38.3. The maximum atomic E-state index is 15.1. The van der Waals surface area contributed by atoms with Gasteiger partial charge in [-0.1, -0.05) is 40.9 Å². The van der Waals surface area contributed by atoms with Gasteiger partial charge in [0.25, 0.3) is 11.8 Å². The first-order chi connectivity index (χ1) is 19.8. The monoisotopic (exact) mass is 677 g/mol. The highest BCUT2D eigenvalue weighted by Crippen LogP contribution is 2.65. The second-order valence-electron chi connectivity index (χ2n) is 9.31. The summed E-state index contributed by atoms with van der Waals surface area (Å²) in [6, 6.07) is 10.8. The fourth-order valence-electron chi connectivity index (χ4n) is 4.27. The number of amides is 3. The summed E-state index contributed by atoms with van der Waals surface area (Å²) in [5, 5.41) is 7.69. The Labute approximate surface area is 264 Å². The Morgan fingerprint density at radius 3 is 2.29 bits per heavy atom. The van der Waals surface area contributed by atoms with E-state index in [1.54, 1.807) is 25.1 Å². The van der Waals surface area contributed by atoms with Crippen molar-refractivity contribution in [1.29, 1.82) is 0 Å². The average Bonchev–Trinajstić information content (AvgIpc) is 3.52. The Balaban J connectivity index is 1.50. The van der Waals surface area contributed by atoms with Gasteiger partial charge in [0.15, 0.2) is 5.82 Å². The van der Waals surface area contributed by atoms with E-state index in [0.717, 1.165) is 12.1 Å². The molecule has 1 aliphatic carbocycles. The smallest absolute Gasteiger partial charge is 0.257 e. The van der Waals surface area contributed by atoms with E-state index in [1.165, 1.54) is 25.1 Å². The Morgan fingerprint density at radius 2 is 1.62 bits per heavy atom. The maximum absolute atomic E-state index is 15.1. The summed E-state index contributed by atoms with van der Waals surface area (Å²) in [7, 11) is 0. The van der Waals surface area contributed by atoms with E-state index in [1.807, 2.05) is 0 Å². The van der Waals surface area contributed by atoms with E-state index < -0.39 is 63.0 Å². The van der Waals surface area contributed by atoms with Crippen molar-refractivity contribution in [2.75, 3.05) is 22.6 Å². The molecule has 3 amide bonds. The third kappa shape index (κ3) is 6.77. The first-order valence-electron chi connectivity index (χ1n) is 12.4.